The number of carbonyl (C=O) groups is 2. The van der Waals surface area contributed by atoms with Crippen LogP contribution >= 0.6 is 23.4 Å². The molecule has 1 saturated heterocycles. The van der Waals surface area contributed by atoms with E-state index in [1.54, 1.807) is 23.9 Å². The van der Waals surface area contributed by atoms with Crippen LogP contribution < -0.4 is 5.32 Å². The van der Waals surface area contributed by atoms with Crippen LogP contribution in [0.15, 0.2) is 47.4 Å². The number of halogens is 1. The van der Waals surface area contributed by atoms with Gasteiger partial charge in [0.05, 0.1) is 17.3 Å². The Kier molecular flexibility index (Phi) is 8.19. The van der Waals surface area contributed by atoms with Gasteiger partial charge in [-0.15, -0.1) is 11.8 Å². The lowest BCUT2D eigenvalue weighted by molar-refractivity contribution is -0.132. The number of piperazine rings is 1. The minimum absolute atomic E-state index is 0.0901. The third kappa shape index (κ3) is 6.49. The molecule has 1 fully saturated rings. The van der Waals surface area contributed by atoms with E-state index in [9.17, 15) is 9.59 Å². The molecule has 0 aromatic heterocycles. The van der Waals surface area contributed by atoms with E-state index >= 15 is 0 Å². The molecule has 0 saturated carbocycles. The van der Waals surface area contributed by atoms with Gasteiger partial charge in [0.1, 0.15) is 0 Å². The number of rotatable bonds is 7. The Morgan fingerprint density at radius 3 is 2.47 bits per heavy atom. The molecular formula is C23H28ClN3O2S. The van der Waals surface area contributed by atoms with E-state index in [2.05, 4.69) is 42.3 Å². The topological polar surface area (TPSA) is 52.7 Å². The van der Waals surface area contributed by atoms with Crippen molar-refractivity contribution < 1.29 is 9.59 Å². The number of thioether (sulfide) groups is 1. The number of para-hydroxylation sites is 1. The summed E-state index contributed by atoms with van der Waals surface area (Å²) < 4.78 is 0. The van der Waals surface area contributed by atoms with Gasteiger partial charge in [-0.05, 0) is 49.2 Å². The molecule has 5 nitrogen and oxygen atoms in total. The molecule has 2 aromatic carbocycles. The number of nitrogens with one attached hydrogen (secondary N) is 1. The van der Waals surface area contributed by atoms with Crippen molar-refractivity contribution in [1.82, 2.24) is 9.80 Å². The second-order valence-corrected chi connectivity index (χ2v) is 9.11. The van der Waals surface area contributed by atoms with Crippen molar-refractivity contribution in [1.29, 1.82) is 0 Å². The van der Waals surface area contributed by atoms with E-state index in [4.69, 9.17) is 11.6 Å². The van der Waals surface area contributed by atoms with Crippen LogP contribution in [0.4, 0.5) is 5.69 Å². The molecule has 1 aliphatic rings. The van der Waals surface area contributed by atoms with Crippen LogP contribution in [0.25, 0.3) is 0 Å². The zero-order valence-corrected chi connectivity index (χ0v) is 19.1. The minimum atomic E-state index is -0.0901. The van der Waals surface area contributed by atoms with Crippen LogP contribution in [0.3, 0.4) is 0 Å². The molecule has 2 aromatic rings. The first-order valence-electron chi connectivity index (χ1n) is 10.2. The smallest absolute Gasteiger partial charge is 0.238 e. The monoisotopic (exact) mass is 445 g/mol. The Bertz CT molecular complexity index is 898. The number of benzene rings is 2. The number of anilines is 1. The summed E-state index contributed by atoms with van der Waals surface area (Å²) in [5, 5.41) is 3.37. The number of amides is 2. The third-order valence-corrected chi connectivity index (χ3v) is 6.63. The average molecular weight is 446 g/mol. The highest BCUT2D eigenvalue weighted by molar-refractivity contribution is 7.99. The summed E-state index contributed by atoms with van der Waals surface area (Å²) in [6, 6.07) is 13.6. The second-order valence-electron chi connectivity index (χ2n) is 7.53. The van der Waals surface area contributed by atoms with Crippen LogP contribution in [-0.4, -0.2) is 60.1 Å². The average Bonchev–Trinajstić information content (AvgIpc) is 2.73. The van der Waals surface area contributed by atoms with Crippen molar-refractivity contribution in [3.8, 4) is 0 Å². The van der Waals surface area contributed by atoms with Crippen molar-refractivity contribution in [2.45, 2.75) is 25.2 Å². The summed E-state index contributed by atoms with van der Waals surface area (Å²) in [4.78, 5) is 30.0. The summed E-state index contributed by atoms with van der Waals surface area (Å²) in [6.07, 6.45) is 0.532. The molecule has 3 rings (SSSR count). The molecule has 0 atom stereocenters. The standard InChI is InChI=1S/C23H28ClN3O2S/c1-17-7-8-19(15-18(17)2)30-14-9-23(29)27-12-10-26(11-13-27)16-22(28)25-21-6-4-3-5-20(21)24/h3-8,15H,9-14,16H2,1-2H3,(H,25,28). The lowest BCUT2D eigenvalue weighted by Gasteiger charge is -2.34. The molecule has 0 aliphatic carbocycles. The minimum Gasteiger partial charge on any atom is -0.340 e. The van der Waals surface area contributed by atoms with E-state index in [0.717, 1.165) is 5.75 Å². The van der Waals surface area contributed by atoms with Crippen LogP contribution in [0.2, 0.25) is 5.02 Å². The van der Waals surface area contributed by atoms with Gasteiger partial charge in [0.2, 0.25) is 11.8 Å². The van der Waals surface area contributed by atoms with Gasteiger partial charge in [-0.3, -0.25) is 14.5 Å². The van der Waals surface area contributed by atoms with Crippen molar-refractivity contribution in [2.75, 3.05) is 43.8 Å². The molecule has 7 heteroatoms. The van der Waals surface area contributed by atoms with Crippen LogP contribution in [0.1, 0.15) is 17.5 Å². The van der Waals surface area contributed by atoms with Crippen molar-refractivity contribution in [3.05, 3.63) is 58.6 Å². The molecule has 1 heterocycles. The quantitative estimate of drug-likeness (QED) is 0.648. The number of hydrogen-bond donors (Lipinski definition) is 1. The van der Waals surface area contributed by atoms with Gasteiger partial charge >= 0.3 is 0 Å². The van der Waals surface area contributed by atoms with Crippen LogP contribution in [-0.2, 0) is 9.59 Å². The van der Waals surface area contributed by atoms with E-state index in [-0.39, 0.29) is 11.8 Å². The summed E-state index contributed by atoms with van der Waals surface area (Å²) in [5.41, 5.74) is 3.19. The van der Waals surface area contributed by atoms with Gasteiger partial charge in [-0.25, -0.2) is 0 Å². The molecule has 30 heavy (non-hydrogen) atoms. The molecule has 0 radical (unpaired) electrons. The van der Waals surface area contributed by atoms with Crippen molar-refractivity contribution >= 4 is 40.9 Å². The van der Waals surface area contributed by atoms with Crippen LogP contribution in [0.5, 0.6) is 0 Å². The SMILES string of the molecule is Cc1ccc(SCCC(=O)N2CCN(CC(=O)Nc3ccccc3Cl)CC2)cc1C. The number of hydrogen-bond acceptors (Lipinski definition) is 4. The summed E-state index contributed by atoms with van der Waals surface area (Å²) >= 11 is 7.81. The van der Waals surface area contributed by atoms with E-state index in [0.29, 0.717) is 49.9 Å². The first kappa shape index (κ1) is 22.7. The Morgan fingerprint density at radius 1 is 1.03 bits per heavy atom. The fraction of sp³-hybridized carbons (Fsp3) is 0.391. The van der Waals surface area contributed by atoms with Gasteiger partial charge < -0.3 is 10.2 Å². The van der Waals surface area contributed by atoms with E-state index < -0.39 is 0 Å². The molecule has 0 unspecified atom stereocenters. The van der Waals surface area contributed by atoms with Gasteiger partial charge in [0.15, 0.2) is 0 Å². The van der Waals surface area contributed by atoms with E-state index in [1.807, 2.05) is 17.0 Å². The van der Waals surface area contributed by atoms with Crippen molar-refractivity contribution in [2.24, 2.45) is 0 Å². The summed E-state index contributed by atoms with van der Waals surface area (Å²) in [7, 11) is 0. The highest BCUT2D eigenvalue weighted by Gasteiger charge is 2.22. The maximum absolute atomic E-state index is 12.5. The number of aryl methyl sites for hydroxylation is 2. The largest absolute Gasteiger partial charge is 0.340 e. The maximum Gasteiger partial charge on any atom is 0.238 e. The van der Waals surface area contributed by atoms with Crippen molar-refractivity contribution in [3.63, 3.8) is 0 Å². The van der Waals surface area contributed by atoms with Crippen LogP contribution in [0, 0.1) is 13.8 Å². The molecule has 1 N–H and O–H groups in total. The molecule has 0 bridgehead atoms. The lowest BCUT2D eigenvalue weighted by atomic mass is 10.1. The first-order valence-corrected chi connectivity index (χ1v) is 11.5. The molecular weight excluding hydrogens is 418 g/mol. The van der Waals surface area contributed by atoms with Gasteiger partial charge in [-0.1, -0.05) is 29.8 Å². The zero-order valence-electron chi connectivity index (χ0n) is 17.5. The Labute approximate surface area is 187 Å². The Morgan fingerprint density at radius 2 is 1.77 bits per heavy atom. The van der Waals surface area contributed by atoms with Gasteiger partial charge in [-0.2, -0.15) is 0 Å². The Balaban J connectivity index is 1.37. The Hall–Kier alpha value is -2.02. The zero-order chi connectivity index (χ0) is 21.5. The maximum atomic E-state index is 12.5. The normalized spacial score (nSPS) is 14.6. The first-order chi connectivity index (χ1) is 14.4. The fourth-order valence-corrected chi connectivity index (χ4v) is 4.45. The molecule has 2 amide bonds. The predicted molar refractivity (Wildman–Crippen MR) is 124 cm³/mol. The third-order valence-electron chi connectivity index (χ3n) is 5.30. The molecule has 1 aliphatic heterocycles. The predicted octanol–water partition coefficient (Wildman–Crippen LogP) is 4.22. The van der Waals surface area contributed by atoms with E-state index in [1.165, 1.54) is 16.0 Å². The second kappa shape index (κ2) is 10.8. The molecule has 160 valence electrons. The summed E-state index contributed by atoms with van der Waals surface area (Å²) in [5.74, 6) is 0.876. The molecule has 0 spiro atoms. The number of nitrogens with zero attached hydrogens (tertiary/aromatic N) is 2. The van der Waals surface area contributed by atoms with Gasteiger partial charge in [0, 0.05) is 43.2 Å². The fourth-order valence-electron chi connectivity index (χ4n) is 3.33. The lowest BCUT2D eigenvalue weighted by Crippen LogP contribution is -2.50. The summed E-state index contributed by atoms with van der Waals surface area (Å²) in [6.45, 7) is 7.24. The van der Waals surface area contributed by atoms with Gasteiger partial charge in [0.25, 0.3) is 0 Å². The number of carbonyl (C=O) groups excluding carboxylic acids is 2. The highest BCUT2D eigenvalue weighted by Crippen LogP contribution is 2.22. The highest BCUT2D eigenvalue weighted by atomic mass is 35.5.